The molecular weight excluding hydrogens is 330 g/mol. The number of amides is 1. The summed E-state index contributed by atoms with van der Waals surface area (Å²) in [5, 5.41) is 0. The van der Waals surface area contributed by atoms with Crippen molar-refractivity contribution in [2.24, 2.45) is 0 Å². The van der Waals surface area contributed by atoms with Crippen LogP contribution in [0.15, 0.2) is 41.1 Å². The molecule has 1 unspecified atom stereocenters. The van der Waals surface area contributed by atoms with Gasteiger partial charge in [-0.1, -0.05) is 12.1 Å². The van der Waals surface area contributed by atoms with Crippen LogP contribution in [0.5, 0.6) is 0 Å². The molecule has 1 amide bonds. The predicted molar refractivity (Wildman–Crippen MR) is 98.0 cm³/mol. The molecule has 0 bridgehead atoms. The number of carbonyl (C=O) groups excluding carboxylic acids is 1. The maximum atomic E-state index is 13.0. The minimum Gasteiger partial charge on any atom is -0.438 e. The molecule has 0 saturated carbocycles. The standard InChI is InChI=1S/C19H21N5O2/c1-23(2)17-12-20-14(11-21-17)19(25)24-10-6-5-8-15(24)18-22-13-7-3-4-9-16(13)26-18/h3-4,7,9,11-12,15H,5-6,8,10H2,1-2H3. The van der Waals surface area contributed by atoms with Gasteiger partial charge in [-0.25, -0.2) is 15.0 Å². The van der Waals surface area contributed by atoms with Crippen molar-refractivity contribution in [3.05, 3.63) is 48.2 Å². The fourth-order valence-corrected chi connectivity index (χ4v) is 3.27. The Morgan fingerprint density at radius 1 is 1.19 bits per heavy atom. The van der Waals surface area contributed by atoms with Crippen molar-refractivity contribution in [2.45, 2.75) is 25.3 Å². The normalized spacial score (nSPS) is 17.5. The van der Waals surface area contributed by atoms with Crippen LogP contribution in [0.25, 0.3) is 11.1 Å². The lowest BCUT2D eigenvalue weighted by atomic mass is 10.0. The van der Waals surface area contributed by atoms with E-state index >= 15 is 0 Å². The number of benzene rings is 1. The van der Waals surface area contributed by atoms with Gasteiger partial charge in [0, 0.05) is 20.6 Å². The van der Waals surface area contributed by atoms with Crippen molar-refractivity contribution in [3.8, 4) is 0 Å². The van der Waals surface area contributed by atoms with Gasteiger partial charge in [0.1, 0.15) is 23.1 Å². The smallest absolute Gasteiger partial charge is 0.274 e. The summed E-state index contributed by atoms with van der Waals surface area (Å²) in [7, 11) is 3.78. The van der Waals surface area contributed by atoms with E-state index in [0.29, 0.717) is 18.1 Å². The zero-order chi connectivity index (χ0) is 18.1. The molecule has 134 valence electrons. The van der Waals surface area contributed by atoms with Crippen LogP contribution in [-0.4, -0.2) is 46.4 Å². The zero-order valence-corrected chi connectivity index (χ0v) is 14.9. The summed E-state index contributed by atoms with van der Waals surface area (Å²) in [6, 6.07) is 7.50. The van der Waals surface area contributed by atoms with E-state index in [1.165, 1.54) is 6.20 Å². The van der Waals surface area contributed by atoms with E-state index in [4.69, 9.17) is 4.42 Å². The van der Waals surface area contributed by atoms with Crippen LogP contribution in [-0.2, 0) is 0 Å². The number of rotatable bonds is 3. The lowest BCUT2D eigenvalue weighted by Gasteiger charge is -2.33. The number of para-hydroxylation sites is 2. The number of piperidine rings is 1. The van der Waals surface area contributed by atoms with Crippen LogP contribution in [0.3, 0.4) is 0 Å². The highest BCUT2D eigenvalue weighted by molar-refractivity contribution is 5.92. The highest BCUT2D eigenvalue weighted by Crippen LogP contribution is 2.33. The van der Waals surface area contributed by atoms with Gasteiger partial charge in [0.05, 0.1) is 12.4 Å². The third-order valence-corrected chi connectivity index (χ3v) is 4.67. The molecule has 7 heteroatoms. The Balaban J connectivity index is 1.63. The van der Waals surface area contributed by atoms with Crippen LogP contribution in [0, 0.1) is 0 Å². The highest BCUT2D eigenvalue weighted by Gasteiger charge is 2.32. The van der Waals surface area contributed by atoms with Gasteiger partial charge in [-0.3, -0.25) is 4.79 Å². The number of carbonyl (C=O) groups is 1. The maximum absolute atomic E-state index is 13.0. The van der Waals surface area contributed by atoms with Crippen molar-refractivity contribution >= 4 is 22.8 Å². The molecule has 1 aromatic carbocycles. The fraction of sp³-hybridized carbons (Fsp3) is 0.368. The molecule has 1 fully saturated rings. The van der Waals surface area contributed by atoms with Crippen LogP contribution >= 0.6 is 0 Å². The summed E-state index contributed by atoms with van der Waals surface area (Å²) in [5.41, 5.74) is 1.91. The Morgan fingerprint density at radius 2 is 2.04 bits per heavy atom. The first-order valence-corrected chi connectivity index (χ1v) is 8.79. The Morgan fingerprint density at radius 3 is 2.77 bits per heavy atom. The third kappa shape index (κ3) is 3.00. The van der Waals surface area contributed by atoms with E-state index in [1.807, 2.05) is 48.2 Å². The third-order valence-electron chi connectivity index (χ3n) is 4.67. The average Bonchev–Trinajstić information content (AvgIpc) is 3.11. The SMILES string of the molecule is CN(C)c1cnc(C(=O)N2CCCCC2c2nc3ccccc3o2)cn1. The number of fused-ring (bicyclic) bond motifs is 1. The molecule has 4 rings (SSSR count). The zero-order valence-electron chi connectivity index (χ0n) is 14.9. The quantitative estimate of drug-likeness (QED) is 0.722. The van der Waals surface area contributed by atoms with Crippen LogP contribution < -0.4 is 4.90 Å². The molecular formula is C19H21N5O2. The van der Waals surface area contributed by atoms with Crippen molar-refractivity contribution in [2.75, 3.05) is 25.5 Å². The number of likely N-dealkylation sites (tertiary alicyclic amines) is 1. The number of anilines is 1. The van der Waals surface area contributed by atoms with Gasteiger partial charge in [-0.05, 0) is 31.4 Å². The number of hydrogen-bond acceptors (Lipinski definition) is 6. The van der Waals surface area contributed by atoms with Gasteiger partial charge >= 0.3 is 0 Å². The Labute approximate surface area is 151 Å². The molecule has 1 saturated heterocycles. The Hall–Kier alpha value is -2.96. The molecule has 26 heavy (non-hydrogen) atoms. The largest absolute Gasteiger partial charge is 0.438 e. The van der Waals surface area contributed by atoms with E-state index in [9.17, 15) is 4.79 Å². The molecule has 1 atom stereocenters. The lowest BCUT2D eigenvalue weighted by molar-refractivity contribution is 0.0568. The van der Waals surface area contributed by atoms with Gasteiger partial charge in [-0.15, -0.1) is 0 Å². The second-order valence-corrected chi connectivity index (χ2v) is 6.68. The fourth-order valence-electron chi connectivity index (χ4n) is 3.27. The average molecular weight is 351 g/mol. The van der Waals surface area contributed by atoms with Gasteiger partial charge in [0.2, 0.25) is 5.89 Å². The Kier molecular flexibility index (Phi) is 4.28. The van der Waals surface area contributed by atoms with Crippen LogP contribution in [0.4, 0.5) is 5.82 Å². The molecule has 0 aliphatic carbocycles. The van der Waals surface area contributed by atoms with E-state index in [-0.39, 0.29) is 11.9 Å². The number of aromatic nitrogens is 3. The van der Waals surface area contributed by atoms with Crippen molar-refractivity contribution in [1.82, 2.24) is 19.9 Å². The van der Waals surface area contributed by atoms with Gasteiger partial charge < -0.3 is 14.2 Å². The first-order valence-electron chi connectivity index (χ1n) is 8.79. The molecule has 3 aromatic rings. The molecule has 0 N–H and O–H groups in total. The highest BCUT2D eigenvalue weighted by atomic mass is 16.3. The lowest BCUT2D eigenvalue weighted by Crippen LogP contribution is -2.39. The molecule has 1 aliphatic rings. The summed E-state index contributed by atoms with van der Waals surface area (Å²) in [5.74, 6) is 1.18. The van der Waals surface area contributed by atoms with Crippen LogP contribution in [0.2, 0.25) is 0 Å². The van der Waals surface area contributed by atoms with Crippen molar-refractivity contribution in [1.29, 1.82) is 0 Å². The number of oxazole rings is 1. The summed E-state index contributed by atoms with van der Waals surface area (Å²) in [6.45, 7) is 0.666. The van der Waals surface area contributed by atoms with Gasteiger partial charge in [0.25, 0.3) is 5.91 Å². The van der Waals surface area contributed by atoms with Gasteiger partial charge in [-0.2, -0.15) is 0 Å². The molecule has 0 spiro atoms. The summed E-state index contributed by atoms with van der Waals surface area (Å²) < 4.78 is 5.93. The second-order valence-electron chi connectivity index (χ2n) is 6.68. The maximum Gasteiger partial charge on any atom is 0.274 e. The molecule has 3 heterocycles. The minimum atomic E-state index is -0.168. The summed E-state index contributed by atoms with van der Waals surface area (Å²) in [4.78, 5) is 29.9. The first kappa shape index (κ1) is 16.5. The van der Waals surface area contributed by atoms with Gasteiger partial charge in [0.15, 0.2) is 5.58 Å². The van der Waals surface area contributed by atoms with E-state index in [2.05, 4.69) is 15.0 Å². The number of hydrogen-bond donors (Lipinski definition) is 0. The minimum absolute atomic E-state index is 0.130. The monoisotopic (exact) mass is 351 g/mol. The predicted octanol–water partition coefficient (Wildman–Crippen LogP) is 3.05. The Bertz CT molecular complexity index is 886. The van der Waals surface area contributed by atoms with E-state index < -0.39 is 0 Å². The first-order chi connectivity index (χ1) is 12.6. The van der Waals surface area contributed by atoms with Crippen LogP contribution in [0.1, 0.15) is 41.7 Å². The van der Waals surface area contributed by atoms with Crippen molar-refractivity contribution in [3.63, 3.8) is 0 Å². The molecule has 2 aromatic heterocycles. The summed E-state index contributed by atoms with van der Waals surface area (Å²) in [6.07, 6.45) is 5.99. The number of nitrogens with zero attached hydrogens (tertiary/aromatic N) is 5. The topological polar surface area (TPSA) is 75.4 Å². The van der Waals surface area contributed by atoms with E-state index in [0.717, 1.165) is 36.2 Å². The van der Waals surface area contributed by atoms with Crippen molar-refractivity contribution < 1.29 is 9.21 Å². The molecule has 1 aliphatic heterocycles. The molecule has 7 nitrogen and oxygen atoms in total. The second kappa shape index (κ2) is 6.74. The summed E-state index contributed by atoms with van der Waals surface area (Å²) >= 11 is 0. The molecule has 0 radical (unpaired) electrons. The van der Waals surface area contributed by atoms with E-state index in [1.54, 1.807) is 6.20 Å².